The maximum atomic E-state index is 10.7. The molecule has 2 rings (SSSR count). The number of aromatic nitrogens is 2. The number of anilines is 2. The molecule has 0 aliphatic carbocycles. The van der Waals surface area contributed by atoms with Crippen molar-refractivity contribution in [1.82, 2.24) is 9.97 Å². The zero-order valence-corrected chi connectivity index (χ0v) is 12.6. The van der Waals surface area contributed by atoms with Crippen molar-refractivity contribution in [3.05, 3.63) is 46.3 Å². The van der Waals surface area contributed by atoms with Crippen molar-refractivity contribution in [3.8, 4) is 0 Å². The molecule has 20 heavy (non-hydrogen) atoms. The van der Waals surface area contributed by atoms with E-state index in [1.165, 1.54) is 6.33 Å². The van der Waals surface area contributed by atoms with E-state index in [4.69, 9.17) is 5.73 Å². The van der Waals surface area contributed by atoms with E-state index in [2.05, 4.69) is 31.2 Å². The van der Waals surface area contributed by atoms with E-state index in [1.54, 1.807) is 0 Å². The van der Waals surface area contributed by atoms with Gasteiger partial charge in [-0.2, -0.15) is 0 Å². The van der Waals surface area contributed by atoms with Gasteiger partial charge >= 0.3 is 0 Å². The van der Waals surface area contributed by atoms with E-state index < -0.39 is 0 Å². The maximum absolute atomic E-state index is 10.7. The minimum absolute atomic E-state index is 0.285. The van der Waals surface area contributed by atoms with Crippen molar-refractivity contribution in [2.75, 3.05) is 5.32 Å². The van der Waals surface area contributed by atoms with Crippen molar-refractivity contribution in [1.29, 1.82) is 0 Å². The SMILES string of the molecule is Cc1ncnc(Nc2ccc(CCC(N)=O)cc2)c1Br. The van der Waals surface area contributed by atoms with Gasteiger partial charge in [-0.15, -0.1) is 0 Å². The predicted molar refractivity (Wildman–Crippen MR) is 81.7 cm³/mol. The van der Waals surface area contributed by atoms with Crippen LogP contribution >= 0.6 is 15.9 Å². The van der Waals surface area contributed by atoms with E-state index in [9.17, 15) is 4.79 Å². The fraction of sp³-hybridized carbons (Fsp3) is 0.214. The Bertz CT molecular complexity index is 613. The first-order chi connectivity index (χ1) is 9.56. The van der Waals surface area contributed by atoms with Crippen LogP contribution in [-0.4, -0.2) is 15.9 Å². The average molecular weight is 335 g/mol. The largest absolute Gasteiger partial charge is 0.370 e. The highest BCUT2D eigenvalue weighted by Crippen LogP contribution is 2.25. The van der Waals surface area contributed by atoms with E-state index >= 15 is 0 Å². The molecule has 1 heterocycles. The summed E-state index contributed by atoms with van der Waals surface area (Å²) in [6, 6.07) is 7.82. The fourth-order valence-corrected chi connectivity index (χ4v) is 2.01. The Hall–Kier alpha value is -1.95. The number of carbonyl (C=O) groups excluding carboxylic acids is 1. The van der Waals surface area contributed by atoms with Gasteiger partial charge < -0.3 is 11.1 Å². The number of nitrogens with one attached hydrogen (secondary N) is 1. The van der Waals surface area contributed by atoms with Gasteiger partial charge in [0.2, 0.25) is 5.91 Å². The Labute approximate surface area is 125 Å². The molecule has 1 aromatic carbocycles. The van der Waals surface area contributed by atoms with Crippen LogP contribution in [0.25, 0.3) is 0 Å². The van der Waals surface area contributed by atoms with E-state index in [0.29, 0.717) is 12.8 Å². The van der Waals surface area contributed by atoms with Crippen molar-refractivity contribution in [2.24, 2.45) is 5.73 Å². The number of nitrogens with two attached hydrogens (primary N) is 1. The van der Waals surface area contributed by atoms with Gasteiger partial charge in [0.1, 0.15) is 12.1 Å². The molecule has 5 nitrogen and oxygen atoms in total. The Morgan fingerprint density at radius 1 is 1.30 bits per heavy atom. The van der Waals surface area contributed by atoms with Crippen LogP contribution in [0.15, 0.2) is 35.1 Å². The number of nitrogens with zero attached hydrogens (tertiary/aromatic N) is 2. The molecular formula is C14H15BrN4O. The van der Waals surface area contributed by atoms with Crippen molar-refractivity contribution < 1.29 is 4.79 Å². The first kappa shape index (κ1) is 14.5. The summed E-state index contributed by atoms with van der Waals surface area (Å²) >= 11 is 3.45. The average Bonchev–Trinajstić information content (AvgIpc) is 2.43. The summed E-state index contributed by atoms with van der Waals surface area (Å²) < 4.78 is 0.845. The molecule has 6 heteroatoms. The summed E-state index contributed by atoms with van der Waals surface area (Å²) in [4.78, 5) is 19.0. The molecule has 1 aromatic heterocycles. The lowest BCUT2D eigenvalue weighted by molar-refractivity contribution is -0.117. The molecule has 0 bridgehead atoms. The summed E-state index contributed by atoms with van der Waals surface area (Å²) in [7, 11) is 0. The lowest BCUT2D eigenvalue weighted by atomic mass is 10.1. The van der Waals surface area contributed by atoms with Gasteiger partial charge in [-0.05, 0) is 47.0 Å². The van der Waals surface area contributed by atoms with Gasteiger partial charge in [-0.1, -0.05) is 12.1 Å². The van der Waals surface area contributed by atoms with Crippen molar-refractivity contribution in [3.63, 3.8) is 0 Å². The zero-order chi connectivity index (χ0) is 14.5. The number of hydrogen-bond acceptors (Lipinski definition) is 4. The van der Waals surface area contributed by atoms with Crippen LogP contribution in [0.2, 0.25) is 0 Å². The van der Waals surface area contributed by atoms with Gasteiger partial charge in [0.15, 0.2) is 0 Å². The smallest absolute Gasteiger partial charge is 0.217 e. The van der Waals surface area contributed by atoms with Crippen LogP contribution in [0.4, 0.5) is 11.5 Å². The highest BCUT2D eigenvalue weighted by atomic mass is 79.9. The van der Waals surface area contributed by atoms with Gasteiger partial charge in [-0.25, -0.2) is 9.97 Å². The summed E-state index contributed by atoms with van der Waals surface area (Å²) in [5, 5.41) is 3.22. The first-order valence-electron chi connectivity index (χ1n) is 6.17. The highest BCUT2D eigenvalue weighted by molar-refractivity contribution is 9.10. The van der Waals surface area contributed by atoms with Crippen molar-refractivity contribution in [2.45, 2.75) is 19.8 Å². The van der Waals surface area contributed by atoms with Crippen LogP contribution in [0, 0.1) is 6.92 Å². The fourth-order valence-electron chi connectivity index (χ4n) is 1.70. The third-order valence-corrected chi connectivity index (χ3v) is 3.79. The first-order valence-corrected chi connectivity index (χ1v) is 6.97. The quantitative estimate of drug-likeness (QED) is 0.880. The number of carbonyl (C=O) groups is 1. The molecular weight excluding hydrogens is 320 g/mol. The molecule has 104 valence electrons. The molecule has 0 unspecified atom stereocenters. The number of hydrogen-bond donors (Lipinski definition) is 2. The molecule has 0 atom stereocenters. The van der Waals surface area contributed by atoms with Gasteiger partial charge in [0.05, 0.1) is 10.2 Å². The Balaban J connectivity index is 2.07. The number of benzene rings is 1. The Morgan fingerprint density at radius 3 is 2.65 bits per heavy atom. The molecule has 0 spiro atoms. The summed E-state index contributed by atoms with van der Waals surface area (Å²) in [5.74, 6) is 0.440. The Kier molecular flexibility index (Phi) is 4.68. The third kappa shape index (κ3) is 3.77. The summed E-state index contributed by atoms with van der Waals surface area (Å²) in [6.07, 6.45) is 2.54. The number of halogens is 1. The number of primary amides is 1. The van der Waals surface area contributed by atoms with Crippen molar-refractivity contribution >= 4 is 33.3 Å². The molecule has 0 radical (unpaired) electrons. The second kappa shape index (κ2) is 6.47. The third-order valence-electron chi connectivity index (χ3n) is 2.84. The summed E-state index contributed by atoms with van der Waals surface area (Å²) in [6.45, 7) is 1.91. The van der Waals surface area contributed by atoms with Crippen LogP contribution < -0.4 is 11.1 Å². The van der Waals surface area contributed by atoms with E-state index in [1.807, 2.05) is 31.2 Å². The second-order valence-corrected chi connectivity index (χ2v) is 5.20. The molecule has 0 saturated heterocycles. The Morgan fingerprint density at radius 2 is 2.00 bits per heavy atom. The lowest BCUT2D eigenvalue weighted by Crippen LogP contribution is -2.11. The number of amides is 1. The van der Waals surface area contributed by atoms with Gasteiger partial charge in [0, 0.05) is 12.1 Å². The van der Waals surface area contributed by atoms with Gasteiger partial charge in [-0.3, -0.25) is 4.79 Å². The second-order valence-electron chi connectivity index (χ2n) is 4.41. The van der Waals surface area contributed by atoms with Crippen LogP contribution in [0.5, 0.6) is 0 Å². The number of rotatable bonds is 5. The van der Waals surface area contributed by atoms with Crippen LogP contribution in [0.3, 0.4) is 0 Å². The number of aryl methyl sites for hydroxylation is 2. The summed E-state index contributed by atoms with van der Waals surface area (Å²) in [5.41, 5.74) is 8.01. The topological polar surface area (TPSA) is 80.9 Å². The minimum Gasteiger partial charge on any atom is -0.370 e. The minimum atomic E-state index is -0.285. The maximum Gasteiger partial charge on any atom is 0.217 e. The standard InChI is InChI=1S/C14H15BrN4O/c1-9-13(15)14(18-8-17-9)19-11-5-2-10(3-6-11)4-7-12(16)20/h2-3,5-6,8H,4,7H2,1H3,(H2,16,20)(H,17,18,19). The highest BCUT2D eigenvalue weighted by Gasteiger charge is 2.05. The molecule has 0 fully saturated rings. The normalized spacial score (nSPS) is 10.3. The molecule has 0 aliphatic heterocycles. The molecule has 0 aliphatic rings. The van der Waals surface area contributed by atoms with Gasteiger partial charge in [0.25, 0.3) is 0 Å². The monoisotopic (exact) mass is 334 g/mol. The van der Waals surface area contributed by atoms with Crippen LogP contribution in [0.1, 0.15) is 17.7 Å². The molecule has 0 saturated carbocycles. The van der Waals surface area contributed by atoms with Crippen LogP contribution in [-0.2, 0) is 11.2 Å². The molecule has 1 amide bonds. The zero-order valence-electron chi connectivity index (χ0n) is 11.1. The predicted octanol–water partition coefficient (Wildman–Crippen LogP) is 2.71. The molecule has 2 aromatic rings. The lowest BCUT2D eigenvalue weighted by Gasteiger charge is -2.09. The van der Waals surface area contributed by atoms with E-state index in [0.717, 1.165) is 27.2 Å². The van der Waals surface area contributed by atoms with E-state index in [-0.39, 0.29) is 5.91 Å². The molecule has 3 N–H and O–H groups in total.